The molecular weight excluding hydrogens is 354 g/mol. The number of carbonyl (C=O) groups is 2. The first kappa shape index (κ1) is 18.7. The van der Waals surface area contributed by atoms with Gasteiger partial charge in [-0.05, 0) is 30.7 Å². The van der Waals surface area contributed by atoms with Crippen molar-refractivity contribution in [3.05, 3.63) is 58.1 Å². The first-order valence-corrected chi connectivity index (χ1v) is 7.57. The fourth-order valence-electron chi connectivity index (χ4n) is 2.05. The Kier molecular flexibility index (Phi) is 5.93. The van der Waals surface area contributed by atoms with Crippen molar-refractivity contribution in [2.45, 2.75) is 6.92 Å². The fraction of sp³-hybridized carbons (Fsp3) is 0.176. The second kappa shape index (κ2) is 7.94. The monoisotopic (exact) mass is 368 g/mol. The maximum Gasteiger partial charge on any atom is 0.254 e. The molecule has 0 atom stereocenters. The number of amides is 2. The molecule has 0 unspecified atom stereocenters. The summed E-state index contributed by atoms with van der Waals surface area (Å²) >= 11 is 5.99. The number of rotatable bonds is 5. The Morgan fingerprint density at radius 3 is 2.56 bits per heavy atom. The highest BCUT2D eigenvalue weighted by molar-refractivity contribution is 6.31. The van der Waals surface area contributed by atoms with E-state index in [2.05, 4.69) is 10.6 Å². The molecule has 2 amide bonds. The second-order valence-electron chi connectivity index (χ2n) is 5.16. The lowest BCUT2D eigenvalue weighted by molar-refractivity contribution is -0.115. The zero-order chi connectivity index (χ0) is 18.6. The van der Waals surface area contributed by atoms with Crippen LogP contribution in [-0.2, 0) is 4.79 Å². The fourth-order valence-corrected chi connectivity index (χ4v) is 2.21. The average Bonchev–Trinajstić information content (AvgIpc) is 2.55. The van der Waals surface area contributed by atoms with Gasteiger partial charge in [-0.2, -0.15) is 0 Å². The van der Waals surface area contributed by atoms with Crippen LogP contribution in [0.1, 0.15) is 15.9 Å². The second-order valence-corrected chi connectivity index (χ2v) is 5.56. The molecule has 0 aromatic heterocycles. The van der Waals surface area contributed by atoms with Crippen molar-refractivity contribution in [2.75, 3.05) is 19.0 Å². The van der Waals surface area contributed by atoms with E-state index in [-0.39, 0.29) is 5.56 Å². The van der Waals surface area contributed by atoms with Crippen molar-refractivity contribution >= 4 is 29.1 Å². The highest BCUT2D eigenvalue weighted by Gasteiger charge is 2.15. The molecule has 0 fully saturated rings. The summed E-state index contributed by atoms with van der Waals surface area (Å²) in [6.45, 7) is 1.36. The summed E-state index contributed by atoms with van der Waals surface area (Å²) < 4.78 is 31.5. The van der Waals surface area contributed by atoms with Crippen LogP contribution in [0.25, 0.3) is 0 Å². The largest absolute Gasteiger partial charge is 0.495 e. The quantitative estimate of drug-likeness (QED) is 0.851. The van der Waals surface area contributed by atoms with Crippen LogP contribution in [0.5, 0.6) is 5.75 Å². The van der Waals surface area contributed by atoms with Crippen LogP contribution in [0.15, 0.2) is 30.3 Å². The summed E-state index contributed by atoms with van der Waals surface area (Å²) in [5.41, 5.74) is 0.765. The molecule has 0 saturated carbocycles. The molecule has 0 saturated heterocycles. The van der Waals surface area contributed by atoms with Crippen molar-refractivity contribution in [1.82, 2.24) is 5.32 Å². The van der Waals surface area contributed by atoms with E-state index in [1.54, 1.807) is 19.1 Å². The SMILES string of the molecule is COc1cc(Cl)c(C)cc1NC(=O)CNC(=O)c1ccc(F)cc1F. The summed E-state index contributed by atoms with van der Waals surface area (Å²) in [4.78, 5) is 23.8. The molecule has 25 heavy (non-hydrogen) atoms. The molecule has 2 aromatic rings. The number of methoxy groups -OCH3 is 1. The van der Waals surface area contributed by atoms with Crippen LogP contribution in [0.3, 0.4) is 0 Å². The molecule has 2 N–H and O–H groups in total. The normalized spacial score (nSPS) is 10.3. The van der Waals surface area contributed by atoms with Gasteiger partial charge in [0, 0.05) is 17.2 Å². The minimum absolute atomic E-state index is 0.353. The molecule has 0 heterocycles. The maximum absolute atomic E-state index is 13.5. The van der Waals surface area contributed by atoms with Crippen molar-refractivity contribution in [3.8, 4) is 5.75 Å². The predicted molar refractivity (Wildman–Crippen MR) is 90.1 cm³/mol. The molecule has 0 bridgehead atoms. The third-order valence-electron chi connectivity index (χ3n) is 3.34. The standard InChI is InChI=1S/C17H15ClF2N2O3/c1-9-5-14(15(25-2)7-12(9)18)22-16(23)8-21-17(24)11-4-3-10(19)6-13(11)20/h3-7H,8H2,1-2H3,(H,21,24)(H,22,23). The van der Waals surface area contributed by atoms with E-state index in [1.807, 2.05) is 0 Å². The Morgan fingerprint density at radius 1 is 1.20 bits per heavy atom. The summed E-state index contributed by atoms with van der Waals surface area (Å²) in [6.07, 6.45) is 0. The van der Waals surface area contributed by atoms with Crippen LogP contribution < -0.4 is 15.4 Å². The molecule has 0 radical (unpaired) electrons. The van der Waals surface area contributed by atoms with E-state index >= 15 is 0 Å². The number of benzene rings is 2. The van der Waals surface area contributed by atoms with Crippen LogP contribution in [0.2, 0.25) is 5.02 Å². The number of halogens is 3. The minimum Gasteiger partial charge on any atom is -0.495 e. The smallest absolute Gasteiger partial charge is 0.254 e. The minimum atomic E-state index is -1.01. The Bertz CT molecular complexity index is 828. The third kappa shape index (κ3) is 4.67. The van der Waals surface area contributed by atoms with E-state index in [4.69, 9.17) is 16.3 Å². The lowest BCUT2D eigenvalue weighted by Gasteiger charge is -2.12. The van der Waals surface area contributed by atoms with E-state index in [9.17, 15) is 18.4 Å². The van der Waals surface area contributed by atoms with E-state index in [0.717, 1.165) is 17.7 Å². The Hall–Kier alpha value is -2.67. The van der Waals surface area contributed by atoms with Gasteiger partial charge in [0.05, 0.1) is 24.9 Å². The topological polar surface area (TPSA) is 67.4 Å². The lowest BCUT2D eigenvalue weighted by atomic mass is 10.2. The van der Waals surface area contributed by atoms with Crippen molar-refractivity contribution in [3.63, 3.8) is 0 Å². The molecule has 0 aliphatic heterocycles. The summed E-state index contributed by atoms with van der Waals surface area (Å²) in [5.74, 6) is -2.81. The molecule has 5 nitrogen and oxygen atoms in total. The van der Waals surface area contributed by atoms with Crippen molar-refractivity contribution < 1.29 is 23.1 Å². The van der Waals surface area contributed by atoms with Gasteiger partial charge in [-0.15, -0.1) is 0 Å². The van der Waals surface area contributed by atoms with Gasteiger partial charge >= 0.3 is 0 Å². The van der Waals surface area contributed by atoms with E-state index < -0.39 is 30.0 Å². The number of aryl methyl sites for hydroxylation is 1. The van der Waals surface area contributed by atoms with Crippen molar-refractivity contribution in [2.24, 2.45) is 0 Å². The van der Waals surface area contributed by atoms with Gasteiger partial charge in [-0.25, -0.2) is 8.78 Å². The number of ether oxygens (including phenoxy) is 1. The summed E-state index contributed by atoms with van der Waals surface area (Å²) in [6, 6.07) is 5.73. The molecule has 132 valence electrons. The predicted octanol–water partition coefficient (Wildman–Crippen LogP) is 3.30. The van der Waals surface area contributed by atoms with Gasteiger partial charge in [-0.1, -0.05) is 11.6 Å². The van der Waals surface area contributed by atoms with Gasteiger partial charge in [0.15, 0.2) is 0 Å². The molecule has 2 aromatic carbocycles. The van der Waals surface area contributed by atoms with Gasteiger partial charge in [0.2, 0.25) is 5.91 Å². The number of anilines is 1. The third-order valence-corrected chi connectivity index (χ3v) is 3.75. The van der Waals surface area contributed by atoms with Crippen molar-refractivity contribution in [1.29, 1.82) is 0 Å². The van der Waals surface area contributed by atoms with Crippen LogP contribution in [0, 0.1) is 18.6 Å². The lowest BCUT2D eigenvalue weighted by Crippen LogP contribution is -2.33. The summed E-state index contributed by atoms with van der Waals surface area (Å²) in [7, 11) is 1.43. The Balaban J connectivity index is 2.01. The van der Waals surface area contributed by atoms with Crippen LogP contribution in [-0.4, -0.2) is 25.5 Å². The van der Waals surface area contributed by atoms with Gasteiger partial charge in [0.1, 0.15) is 17.4 Å². The summed E-state index contributed by atoms with van der Waals surface area (Å²) in [5, 5.41) is 5.31. The van der Waals surface area contributed by atoms with Crippen LogP contribution in [0.4, 0.5) is 14.5 Å². The first-order valence-electron chi connectivity index (χ1n) is 7.19. The van der Waals surface area contributed by atoms with E-state index in [1.165, 1.54) is 7.11 Å². The van der Waals surface area contributed by atoms with Gasteiger partial charge < -0.3 is 15.4 Å². The molecular formula is C17H15ClF2N2O3. The van der Waals surface area contributed by atoms with Gasteiger partial charge in [-0.3, -0.25) is 9.59 Å². The zero-order valence-corrected chi connectivity index (χ0v) is 14.2. The highest BCUT2D eigenvalue weighted by Crippen LogP contribution is 2.30. The zero-order valence-electron chi connectivity index (χ0n) is 13.5. The average molecular weight is 369 g/mol. The van der Waals surface area contributed by atoms with Crippen LogP contribution >= 0.6 is 11.6 Å². The highest BCUT2D eigenvalue weighted by atomic mass is 35.5. The molecule has 2 rings (SSSR count). The number of carbonyl (C=O) groups excluding carboxylic acids is 2. The Labute approximate surface area is 147 Å². The first-order chi connectivity index (χ1) is 11.8. The number of hydrogen-bond donors (Lipinski definition) is 2. The molecule has 0 spiro atoms. The molecule has 8 heteroatoms. The van der Waals surface area contributed by atoms with E-state index in [0.29, 0.717) is 22.5 Å². The maximum atomic E-state index is 13.5. The van der Waals surface area contributed by atoms with Gasteiger partial charge in [0.25, 0.3) is 5.91 Å². The Morgan fingerprint density at radius 2 is 1.92 bits per heavy atom. The number of hydrogen-bond acceptors (Lipinski definition) is 3. The molecule has 0 aliphatic rings. The number of nitrogens with one attached hydrogen (secondary N) is 2. The molecule has 0 aliphatic carbocycles.